The van der Waals surface area contributed by atoms with Gasteiger partial charge in [0.2, 0.25) is 0 Å². The molecule has 1 aromatic heterocycles. The van der Waals surface area contributed by atoms with E-state index in [1.807, 2.05) is 0 Å². The first-order chi connectivity index (χ1) is 16.3. The Morgan fingerprint density at radius 3 is 2.41 bits per heavy atom. The number of nitrogens with two attached hydrogens (primary N) is 1. The molecule has 0 spiro atoms. The summed E-state index contributed by atoms with van der Waals surface area (Å²) in [5.74, 6) is -2.04. The SMILES string of the molecule is NC1CCC(NC(=O)C2N(C(=O)c3cccc(F)c3)CCCN2C(=O)c2cccnc2Cl)CC1. The van der Waals surface area contributed by atoms with Gasteiger partial charge in [0.05, 0.1) is 5.56 Å². The number of halogens is 2. The van der Waals surface area contributed by atoms with Crippen molar-refractivity contribution in [2.75, 3.05) is 13.1 Å². The molecule has 1 saturated carbocycles. The summed E-state index contributed by atoms with van der Waals surface area (Å²) < 4.78 is 13.8. The van der Waals surface area contributed by atoms with Crippen molar-refractivity contribution in [1.82, 2.24) is 20.1 Å². The molecule has 3 N–H and O–H groups in total. The zero-order valence-corrected chi connectivity index (χ0v) is 19.4. The van der Waals surface area contributed by atoms with Crippen LogP contribution in [0.3, 0.4) is 0 Å². The number of nitrogens with zero attached hydrogens (tertiary/aromatic N) is 3. The fraction of sp³-hybridized carbons (Fsp3) is 0.417. The molecule has 1 aromatic carbocycles. The zero-order chi connectivity index (χ0) is 24.2. The van der Waals surface area contributed by atoms with Gasteiger partial charge in [-0.25, -0.2) is 9.37 Å². The summed E-state index contributed by atoms with van der Waals surface area (Å²) in [6.07, 6.45) is 3.73. The molecule has 3 amide bonds. The number of carbonyl (C=O) groups is 3. The van der Waals surface area contributed by atoms with E-state index in [1.165, 1.54) is 40.3 Å². The molecule has 1 unspecified atom stereocenters. The third-order valence-electron chi connectivity index (χ3n) is 6.32. The zero-order valence-electron chi connectivity index (χ0n) is 18.6. The van der Waals surface area contributed by atoms with E-state index in [0.717, 1.165) is 31.7 Å². The van der Waals surface area contributed by atoms with Crippen molar-refractivity contribution >= 4 is 29.3 Å². The number of benzene rings is 1. The van der Waals surface area contributed by atoms with Crippen molar-refractivity contribution in [3.05, 3.63) is 64.7 Å². The molecule has 1 aliphatic carbocycles. The largest absolute Gasteiger partial charge is 0.350 e. The van der Waals surface area contributed by atoms with Crippen molar-refractivity contribution in [3.8, 4) is 0 Å². The molecule has 0 bridgehead atoms. The van der Waals surface area contributed by atoms with E-state index in [0.29, 0.717) is 6.42 Å². The molecule has 0 radical (unpaired) electrons. The van der Waals surface area contributed by atoms with Gasteiger partial charge in [0.1, 0.15) is 11.0 Å². The van der Waals surface area contributed by atoms with Crippen LogP contribution < -0.4 is 11.1 Å². The molecule has 1 saturated heterocycles. The van der Waals surface area contributed by atoms with E-state index in [2.05, 4.69) is 10.3 Å². The van der Waals surface area contributed by atoms with Gasteiger partial charge in [0.15, 0.2) is 6.17 Å². The van der Waals surface area contributed by atoms with E-state index < -0.39 is 29.7 Å². The number of carbonyl (C=O) groups excluding carboxylic acids is 3. The summed E-state index contributed by atoms with van der Waals surface area (Å²) in [6, 6.07) is 8.41. The highest BCUT2D eigenvalue weighted by atomic mass is 35.5. The van der Waals surface area contributed by atoms with Crippen LogP contribution >= 0.6 is 11.6 Å². The van der Waals surface area contributed by atoms with Crippen LogP contribution in [0.25, 0.3) is 0 Å². The van der Waals surface area contributed by atoms with Crippen molar-refractivity contribution in [2.45, 2.75) is 50.4 Å². The summed E-state index contributed by atoms with van der Waals surface area (Å²) in [5, 5.41) is 3.02. The van der Waals surface area contributed by atoms with Crippen molar-refractivity contribution in [1.29, 1.82) is 0 Å². The number of hydrogen-bond donors (Lipinski definition) is 2. The molecule has 34 heavy (non-hydrogen) atoms. The van der Waals surface area contributed by atoms with Gasteiger partial charge < -0.3 is 20.9 Å². The van der Waals surface area contributed by atoms with E-state index in [9.17, 15) is 18.8 Å². The van der Waals surface area contributed by atoms with Gasteiger partial charge in [-0.1, -0.05) is 17.7 Å². The first kappa shape index (κ1) is 24.1. The lowest BCUT2D eigenvalue weighted by Gasteiger charge is -2.43. The minimum Gasteiger partial charge on any atom is -0.350 e. The van der Waals surface area contributed by atoms with E-state index in [4.69, 9.17) is 17.3 Å². The maximum atomic E-state index is 13.8. The molecule has 8 nitrogen and oxygen atoms in total. The monoisotopic (exact) mass is 487 g/mol. The second-order valence-corrected chi connectivity index (χ2v) is 9.05. The molecule has 2 aromatic rings. The number of amides is 3. The Kier molecular flexibility index (Phi) is 7.43. The van der Waals surface area contributed by atoms with Crippen molar-refractivity contribution in [2.24, 2.45) is 5.73 Å². The number of nitrogens with one attached hydrogen (secondary N) is 1. The highest BCUT2D eigenvalue weighted by molar-refractivity contribution is 6.32. The molecule has 180 valence electrons. The summed E-state index contributed by atoms with van der Waals surface area (Å²) >= 11 is 6.15. The number of aromatic nitrogens is 1. The Balaban J connectivity index is 1.65. The van der Waals surface area contributed by atoms with Gasteiger partial charge in [-0.3, -0.25) is 14.4 Å². The lowest BCUT2D eigenvalue weighted by molar-refractivity contribution is -0.133. The third kappa shape index (κ3) is 5.20. The summed E-state index contributed by atoms with van der Waals surface area (Å²) in [4.78, 5) is 47.0. The van der Waals surface area contributed by atoms with E-state index in [1.54, 1.807) is 6.07 Å². The molecule has 2 aliphatic rings. The summed E-state index contributed by atoms with van der Waals surface area (Å²) in [6.45, 7) is 0.498. The Bertz CT molecular complexity index is 1080. The van der Waals surface area contributed by atoms with Crippen LogP contribution in [-0.4, -0.2) is 63.8 Å². The smallest absolute Gasteiger partial charge is 0.264 e. The fourth-order valence-electron chi connectivity index (χ4n) is 4.56. The number of hydrogen-bond acceptors (Lipinski definition) is 5. The topological polar surface area (TPSA) is 109 Å². The van der Waals surface area contributed by atoms with Gasteiger partial charge >= 0.3 is 0 Å². The van der Waals surface area contributed by atoms with Gasteiger partial charge in [-0.05, 0) is 62.4 Å². The van der Waals surface area contributed by atoms with Gasteiger partial charge in [0, 0.05) is 36.9 Å². The van der Waals surface area contributed by atoms with E-state index >= 15 is 0 Å². The average Bonchev–Trinajstić information content (AvgIpc) is 2.84. The molecule has 1 aliphatic heterocycles. The fourth-order valence-corrected chi connectivity index (χ4v) is 4.76. The molecular weight excluding hydrogens is 461 g/mol. The highest BCUT2D eigenvalue weighted by Gasteiger charge is 2.42. The average molecular weight is 488 g/mol. The molecule has 4 rings (SSSR count). The highest BCUT2D eigenvalue weighted by Crippen LogP contribution is 2.24. The van der Waals surface area contributed by atoms with Gasteiger partial charge in [-0.15, -0.1) is 0 Å². The summed E-state index contributed by atoms with van der Waals surface area (Å²) in [7, 11) is 0. The molecule has 1 atom stereocenters. The van der Waals surface area contributed by atoms with Crippen LogP contribution in [0.2, 0.25) is 5.15 Å². The number of pyridine rings is 1. The lowest BCUT2D eigenvalue weighted by Crippen LogP contribution is -2.64. The minimum atomic E-state index is -1.20. The Morgan fingerprint density at radius 1 is 1.03 bits per heavy atom. The van der Waals surface area contributed by atoms with Crippen LogP contribution in [0.15, 0.2) is 42.6 Å². The van der Waals surface area contributed by atoms with Gasteiger partial charge in [0.25, 0.3) is 17.7 Å². The van der Waals surface area contributed by atoms with Gasteiger partial charge in [-0.2, -0.15) is 0 Å². The van der Waals surface area contributed by atoms with Crippen LogP contribution in [0.1, 0.15) is 52.8 Å². The van der Waals surface area contributed by atoms with Crippen LogP contribution in [0.5, 0.6) is 0 Å². The second kappa shape index (κ2) is 10.5. The normalized spacial score (nSPS) is 22.9. The number of rotatable bonds is 4. The quantitative estimate of drug-likeness (QED) is 0.644. The Morgan fingerprint density at radius 2 is 1.74 bits per heavy atom. The first-order valence-electron chi connectivity index (χ1n) is 11.4. The summed E-state index contributed by atoms with van der Waals surface area (Å²) in [5.41, 5.74) is 6.23. The molecule has 10 heteroatoms. The predicted octanol–water partition coefficient (Wildman–Crippen LogP) is 2.57. The third-order valence-corrected chi connectivity index (χ3v) is 6.63. The van der Waals surface area contributed by atoms with Crippen molar-refractivity contribution in [3.63, 3.8) is 0 Å². The molecule has 2 fully saturated rings. The van der Waals surface area contributed by atoms with Crippen LogP contribution in [-0.2, 0) is 4.79 Å². The lowest BCUT2D eigenvalue weighted by atomic mass is 9.91. The van der Waals surface area contributed by atoms with Crippen LogP contribution in [0, 0.1) is 5.82 Å². The maximum Gasteiger partial charge on any atom is 0.264 e. The minimum absolute atomic E-state index is 0.0153. The molecule has 2 heterocycles. The first-order valence-corrected chi connectivity index (χ1v) is 11.8. The van der Waals surface area contributed by atoms with Crippen molar-refractivity contribution < 1.29 is 18.8 Å². The second-order valence-electron chi connectivity index (χ2n) is 8.70. The predicted molar refractivity (Wildman–Crippen MR) is 124 cm³/mol. The molecular formula is C24H27ClFN5O3. The maximum absolute atomic E-state index is 13.8. The Hall–Kier alpha value is -3.04. The standard InChI is InChI=1S/C24H27ClFN5O3/c25-20-19(6-2-11-28-20)24(34)31-13-3-12-30(23(33)15-4-1-5-16(26)14-15)22(31)21(32)29-18-9-7-17(27)8-10-18/h1-2,4-6,11,14,17-18,22H,3,7-10,12-13,27H2,(H,29,32). The van der Waals surface area contributed by atoms with Crippen LogP contribution in [0.4, 0.5) is 4.39 Å². The van der Waals surface area contributed by atoms with E-state index in [-0.39, 0.29) is 41.5 Å². The Labute approximate surface area is 202 Å².